The van der Waals surface area contributed by atoms with E-state index in [9.17, 15) is 9.59 Å². The van der Waals surface area contributed by atoms with Crippen molar-refractivity contribution in [1.82, 2.24) is 9.78 Å². The van der Waals surface area contributed by atoms with E-state index in [4.69, 9.17) is 19.6 Å². The quantitative estimate of drug-likeness (QED) is 0.669. The Balaban J connectivity index is 1.88. The van der Waals surface area contributed by atoms with Gasteiger partial charge in [0.25, 0.3) is 5.56 Å². The lowest BCUT2D eigenvalue weighted by Crippen LogP contribution is -2.34. The minimum absolute atomic E-state index is 0.0350. The number of benzene rings is 1. The zero-order chi connectivity index (χ0) is 20.3. The Hall–Kier alpha value is -3.75. The van der Waals surface area contributed by atoms with Crippen LogP contribution < -0.4 is 26.1 Å². The predicted molar refractivity (Wildman–Crippen MR) is 103 cm³/mol. The van der Waals surface area contributed by atoms with Gasteiger partial charge in [-0.15, -0.1) is 0 Å². The van der Waals surface area contributed by atoms with Gasteiger partial charge in [0.05, 0.1) is 20.5 Å². The molecule has 0 fully saturated rings. The summed E-state index contributed by atoms with van der Waals surface area (Å²) in [5.74, 6) is 0.989. The molecule has 146 valence electrons. The molecule has 0 saturated carbocycles. The van der Waals surface area contributed by atoms with Crippen LogP contribution in [0.25, 0.3) is 11.5 Å². The fraction of sp³-hybridized carbons (Fsp3) is 0.211. The second-order valence-corrected chi connectivity index (χ2v) is 5.95. The number of methoxy groups -OCH3 is 2. The fourth-order valence-electron chi connectivity index (χ4n) is 2.61. The molecule has 0 saturated heterocycles. The molecule has 2 heterocycles. The normalized spacial score (nSPS) is 11.7. The van der Waals surface area contributed by atoms with Crippen LogP contribution >= 0.6 is 0 Å². The molecule has 9 heteroatoms. The summed E-state index contributed by atoms with van der Waals surface area (Å²) in [6.45, 7) is 1.55. The number of nitrogens with two attached hydrogens (primary N) is 1. The van der Waals surface area contributed by atoms with E-state index in [2.05, 4.69) is 10.4 Å². The van der Waals surface area contributed by atoms with E-state index in [0.29, 0.717) is 28.6 Å². The van der Waals surface area contributed by atoms with Crippen molar-refractivity contribution in [2.75, 3.05) is 25.3 Å². The maximum Gasteiger partial charge on any atom is 0.290 e. The van der Waals surface area contributed by atoms with Gasteiger partial charge in [0, 0.05) is 11.8 Å². The van der Waals surface area contributed by atoms with Crippen LogP contribution in [-0.4, -0.2) is 29.9 Å². The number of carbonyl (C=O) groups excluding carboxylic acids is 1. The van der Waals surface area contributed by atoms with Crippen LogP contribution in [0.3, 0.4) is 0 Å². The monoisotopic (exact) mass is 384 g/mol. The van der Waals surface area contributed by atoms with Gasteiger partial charge >= 0.3 is 0 Å². The molecule has 3 aromatic rings. The van der Waals surface area contributed by atoms with E-state index >= 15 is 0 Å². The number of hydrogen-bond acceptors (Lipinski definition) is 7. The van der Waals surface area contributed by atoms with Gasteiger partial charge in [-0.1, -0.05) is 0 Å². The van der Waals surface area contributed by atoms with Gasteiger partial charge in [-0.25, -0.2) is 4.68 Å². The second kappa shape index (κ2) is 7.87. The van der Waals surface area contributed by atoms with Crippen molar-refractivity contribution in [3.05, 3.63) is 53.0 Å². The number of anilines is 2. The summed E-state index contributed by atoms with van der Waals surface area (Å²) in [6, 6.07) is 8.82. The number of nitrogens with zero attached hydrogens (tertiary/aromatic N) is 2. The zero-order valence-corrected chi connectivity index (χ0v) is 15.6. The van der Waals surface area contributed by atoms with Crippen molar-refractivity contribution in [1.29, 1.82) is 0 Å². The molecule has 3 N–H and O–H groups in total. The Morgan fingerprint density at radius 2 is 1.96 bits per heavy atom. The lowest BCUT2D eigenvalue weighted by molar-refractivity contribution is -0.119. The molecule has 0 radical (unpaired) electrons. The minimum atomic E-state index is -0.919. The highest BCUT2D eigenvalue weighted by Crippen LogP contribution is 2.30. The van der Waals surface area contributed by atoms with Crippen molar-refractivity contribution in [2.24, 2.45) is 0 Å². The van der Waals surface area contributed by atoms with Crippen molar-refractivity contribution >= 4 is 17.3 Å². The van der Waals surface area contributed by atoms with Gasteiger partial charge < -0.3 is 24.9 Å². The standard InChI is InChI=1S/C19H20N4O5/c1-11(18(24)21-12-6-7-16(26-2)17(9-12)27-3)23-19(25)13(20)10-14(22-23)15-5-4-8-28-15/h4-11H,20H2,1-3H3,(H,21,24)/t11-/m0/s1. The smallest absolute Gasteiger partial charge is 0.290 e. The van der Waals surface area contributed by atoms with Crippen molar-refractivity contribution < 1.29 is 18.7 Å². The molecule has 0 aliphatic carbocycles. The van der Waals surface area contributed by atoms with Crippen LogP contribution in [-0.2, 0) is 4.79 Å². The summed E-state index contributed by atoms with van der Waals surface area (Å²) in [4.78, 5) is 25.1. The number of ether oxygens (including phenoxy) is 2. The molecule has 28 heavy (non-hydrogen) atoms. The molecule has 9 nitrogen and oxygen atoms in total. The Labute approximate surface area is 160 Å². The van der Waals surface area contributed by atoms with Crippen LogP contribution in [0.4, 0.5) is 11.4 Å². The molecule has 1 aromatic carbocycles. The SMILES string of the molecule is COc1ccc(NC(=O)[C@H](C)n2nc(-c3ccco3)cc(N)c2=O)cc1OC. The van der Waals surface area contributed by atoms with Crippen LogP contribution in [0, 0.1) is 0 Å². The average molecular weight is 384 g/mol. The highest BCUT2D eigenvalue weighted by Gasteiger charge is 2.21. The minimum Gasteiger partial charge on any atom is -0.493 e. The van der Waals surface area contributed by atoms with Crippen LogP contribution in [0.1, 0.15) is 13.0 Å². The fourth-order valence-corrected chi connectivity index (χ4v) is 2.61. The summed E-state index contributed by atoms with van der Waals surface area (Å²) < 4.78 is 16.7. The highest BCUT2D eigenvalue weighted by molar-refractivity contribution is 5.93. The van der Waals surface area contributed by atoms with E-state index in [-0.39, 0.29) is 5.69 Å². The molecule has 0 unspecified atom stereocenters. The van der Waals surface area contributed by atoms with Crippen molar-refractivity contribution in [3.63, 3.8) is 0 Å². The second-order valence-electron chi connectivity index (χ2n) is 5.95. The summed E-state index contributed by atoms with van der Waals surface area (Å²) in [6.07, 6.45) is 1.48. The Kier molecular flexibility index (Phi) is 5.35. The predicted octanol–water partition coefficient (Wildman–Crippen LogP) is 2.30. The third-order valence-electron chi connectivity index (χ3n) is 4.13. The molecule has 0 spiro atoms. The summed E-state index contributed by atoms with van der Waals surface area (Å²) in [7, 11) is 3.02. The van der Waals surface area contributed by atoms with Crippen molar-refractivity contribution in [2.45, 2.75) is 13.0 Å². The van der Waals surface area contributed by atoms with E-state index in [1.807, 2.05) is 0 Å². The largest absolute Gasteiger partial charge is 0.493 e. The van der Waals surface area contributed by atoms with Crippen LogP contribution in [0.15, 0.2) is 51.9 Å². The van der Waals surface area contributed by atoms with E-state index in [0.717, 1.165) is 4.68 Å². The van der Waals surface area contributed by atoms with Crippen molar-refractivity contribution in [3.8, 4) is 23.0 Å². The summed E-state index contributed by atoms with van der Waals surface area (Å²) in [5, 5.41) is 6.95. The lowest BCUT2D eigenvalue weighted by atomic mass is 10.2. The maximum atomic E-state index is 12.7. The number of aromatic nitrogens is 2. The highest BCUT2D eigenvalue weighted by atomic mass is 16.5. The number of hydrogen-bond donors (Lipinski definition) is 2. The number of carbonyl (C=O) groups is 1. The van der Waals surface area contributed by atoms with E-state index in [1.165, 1.54) is 26.5 Å². The molecular weight excluding hydrogens is 364 g/mol. The molecule has 3 rings (SSSR count). The maximum absolute atomic E-state index is 12.7. The molecule has 1 atom stereocenters. The van der Waals surface area contributed by atoms with E-state index < -0.39 is 17.5 Å². The summed E-state index contributed by atoms with van der Waals surface area (Å²) >= 11 is 0. The number of amides is 1. The van der Waals surface area contributed by atoms with Crippen LogP contribution in [0.5, 0.6) is 11.5 Å². The van der Waals surface area contributed by atoms with Gasteiger partial charge in [0.15, 0.2) is 17.3 Å². The topological polar surface area (TPSA) is 122 Å². The first-order valence-corrected chi connectivity index (χ1v) is 8.40. The average Bonchev–Trinajstić information content (AvgIpc) is 3.24. The first-order chi connectivity index (χ1) is 13.4. The molecule has 0 aliphatic heterocycles. The first-order valence-electron chi connectivity index (χ1n) is 8.40. The molecule has 2 aromatic heterocycles. The van der Waals surface area contributed by atoms with E-state index in [1.54, 1.807) is 37.3 Å². The third-order valence-corrected chi connectivity index (χ3v) is 4.13. The number of nitrogens with one attached hydrogen (secondary N) is 1. The molecule has 1 amide bonds. The number of furan rings is 1. The van der Waals surface area contributed by atoms with Gasteiger partial charge in [-0.3, -0.25) is 9.59 Å². The van der Waals surface area contributed by atoms with Gasteiger partial charge in [0.2, 0.25) is 5.91 Å². The van der Waals surface area contributed by atoms with Gasteiger partial charge in [-0.05, 0) is 37.3 Å². The van der Waals surface area contributed by atoms with Crippen LogP contribution in [0.2, 0.25) is 0 Å². The molecular formula is C19H20N4O5. The Bertz CT molecular complexity index is 1040. The lowest BCUT2D eigenvalue weighted by Gasteiger charge is -2.16. The third kappa shape index (κ3) is 3.68. The number of rotatable bonds is 6. The first kappa shape index (κ1) is 19.0. The Morgan fingerprint density at radius 1 is 1.21 bits per heavy atom. The van der Waals surface area contributed by atoms with Gasteiger partial charge in [-0.2, -0.15) is 5.10 Å². The number of nitrogen functional groups attached to an aromatic ring is 1. The van der Waals surface area contributed by atoms with Gasteiger partial charge in [0.1, 0.15) is 17.4 Å². The zero-order valence-electron chi connectivity index (χ0n) is 15.6. The Morgan fingerprint density at radius 3 is 2.61 bits per heavy atom. The molecule has 0 aliphatic rings. The molecule has 0 bridgehead atoms. The summed E-state index contributed by atoms with van der Waals surface area (Å²) in [5.41, 5.74) is 6.05.